The Labute approximate surface area is 78.9 Å². The number of aryl methyl sites for hydroxylation is 1. The summed E-state index contributed by atoms with van der Waals surface area (Å²) >= 11 is 11.7. The van der Waals surface area contributed by atoms with E-state index in [0.717, 1.165) is 5.52 Å². The smallest absolute Gasteiger partial charge is 0.133 e. The van der Waals surface area contributed by atoms with Gasteiger partial charge in [0.1, 0.15) is 5.52 Å². The summed E-state index contributed by atoms with van der Waals surface area (Å²) in [5.74, 6) is 0. The molecule has 5 heteroatoms. The van der Waals surface area contributed by atoms with E-state index in [2.05, 4.69) is 10.3 Å². The van der Waals surface area contributed by atoms with Crippen molar-refractivity contribution in [3.63, 3.8) is 0 Å². The van der Waals surface area contributed by atoms with Gasteiger partial charge in [0, 0.05) is 7.05 Å². The van der Waals surface area contributed by atoms with Gasteiger partial charge in [-0.1, -0.05) is 28.4 Å². The standard InChI is InChI=1S/C7H5Cl2N3/c1-12-5-3-2-4(8)6(9)7(5)10-11-12/h2-3H,1H3. The van der Waals surface area contributed by atoms with Crippen LogP contribution in [0.5, 0.6) is 0 Å². The molecule has 0 atom stereocenters. The molecule has 62 valence electrons. The van der Waals surface area contributed by atoms with Gasteiger partial charge in [0.05, 0.1) is 15.6 Å². The second-order valence-corrected chi connectivity index (χ2v) is 3.23. The first-order chi connectivity index (χ1) is 5.70. The third kappa shape index (κ3) is 0.974. The van der Waals surface area contributed by atoms with Crippen LogP contribution in [0.2, 0.25) is 10.0 Å². The lowest BCUT2D eigenvalue weighted by molar-refractivity contribution is 0.736. The predicted molar refractivity (Wildman–Crippen MR) is 48.5 cm³/mol. The van der Waals surface area contributed by atoms with Crippen LogP contribution in [0.4, 0.5) is 0 Å². The Hall–Kier alpha value is -0.800. The van der Waals surface area contributed by atoms with E-state index < -0.39 is 0 Å². The number of fused-ring (bicyclic) bond motifs is 1. The molecule has 0 amide bonds. The minimum atomic E-state index is 0.460. The van der Waals surface area contributed by atoms with Gasteiger partial charge in [0.25, 0.3) is 0 Å². The van der Waals surface area contributed by atoms with Crippen LogP contribution in [0.25, 0.3) is 11.0 Å². The summed E-state index contributed by atoms with van der Waals surface area (Å²) in [5, 5.41) is 8.66. The molecule has 1 aromatic carbocycles. The van der Waals surface area contributed by atoms with Crippen molar-refractivity contribution in [2.24, 2.45) is 7.05 Å². The third-order valence-corrected chi connectivity index (χ3v) is 2.47. The third-order valence-electron chi connectivity index (χ3n) is 1.68. The molecule has 1 heterocycles. The fraction of sp³-hybridized carbons (Fsp3) is 0.143. The summed E-state index contributed by atoms with van der Waals surface area (Å²) in [7, 11) is 1.81. The predicted octanol–water partition coefficient (Wildman–Crippen LogP) is 2.28. The van der Waals surface area contributed by atoms with Crippen molar-refractivity contribution in [2.75, 3.05) is 0 Å². The molecule has 0 spiro atoms. The van der Waals surface area contributed by atoms with Crippen LogP contribution in [0.3, 0.4) is 0 Å². The highest BCUT2D eigenvalue weighted by Crippen LogP contribution is 2.28. The van der Waals surface area contributed by atoms with Crippen molar-refractivity contribution >= 4 is 34.2 Å². The summed E-state index contributed by atoms with van der Waals surface area (Å²) < 4.78 is 1.65. The van der Waals surface area contributed by atoms with E-state index in [-0.39, 0.29) is 0 Å². The fourth-order valence-corrected chi connectivity index (χ4v) is 1.40. The highest BCUT2D eigenvalue weighted by atomic mass is 35.5. The second-order valence-electron chi connectivity index (χ2n) is 2.44. The van der Waals surface area contributed by atoms with Crippen LogP contribution in [0.1, 0.15) is 0 Å². The molecule has 0 unspecified atom stereocenters. The summed E-state index contributed by atoms with van der Waals surface area (Å²) in [6, 6.07) is 3.57. The molecule has 2 aromatic rings. The summed E-state index contributed by atoms with van der Waals surface area (Å²) in [5.41, 5.74) is 1.52. The van der Waals surface area contributed by atoms with Crippen LogP contribution < -0.4 is 0 Å². The number of benzene rings is 1. The molecule has 3 nitrogen and oxygen atoms in total. The van der Waals surface area contributed by atoms with Gasteiger partial charge in [-0.2, -0.15) is 0 Å². The van der Waals surface area contributed by atoms with E-state index in [1.54, 1.807) is 17.8 Å². The Bertz CT molecular complexity index is 435. The van der Waals surface area contributed by atoms with E-state index >= 15 is 0 Å². The molecular weight excluding hydrogens is 197 g/mol. The van der Waals surface area contributed by atoms with E-state index in [4.69, 9.17) is 23.2 Å². The Kier molecular flexibility index (Phi) is 1.70. The highest BCUT2D eigenvalue weighted by Gasteiger charge is 2.07. The maximum absolute atomic E-state index is 5.89. The fourth-order valence-electron chi connectivity index (χ4n) is 1.05. The number of aromatic nitrogens is 3. The van der Waals surface area contributed by atoms with Crippen molar-refractivity contribution in [2.45, 2.75) is 0 Å². The lowest BCUT2D eigenvalue weighted by Gasteiger charge is -1.95. The number of hydrogen-bond acceptors (Lipinski definition) is 2. The quantitative estimate of drug-likeness (QED) is 0.655. The van der Waals surface area contributed by atoms with Crippen LogP contribution in [-0.2, 0) is 7.05 Å². The summed E-state index contributed by atoms with van der Waals surface area (Å²) in [6.07, 6.45) is 0. The minimum absolute atomic E-state index is 0.460. The Morgan fingerprint density at radius 2 is 2.08 bits per heavy atom. The second kappa shape index (κ2) is 2.61. The van der Waals surface area contributed by atoms with Crippen molar-refractivity contribution in [1.82, 2.24) is 15.0 Å². The SMILES string of the molecule is Cn1nnc2c(Cl)c(Cl)ccc21. The van der Waals surface area contributed by atoms with Crippen LogP contribution in [0.15, 0.2) is 12.1 Å². The average molecular weight is 202 g/mol. The zero-order valence-electron chi connectivity index (χ0n) is 6.25. The van der Waals surface area contributed by atoms with E-state index in [9.17, 15) is 0 Å². The molecule has 0 aliphatic carbocycles. The number of nitrogens with zero attached hydrogens (tertiary/aromatic N) is 3. The van der Waals surface area contributed by atoms with E-state index in [1.807, 2.05) is 6.07 Å². The first-order valence-electron chi connectivity index (χ1n) is 3.33. The highest BCUT2D eigenvalue weighted by molar-refractivity contribution is 6.44. The van der Waals surface area contributed by atoms with Crippen molar-refractivity contribution < 1.29 is 0 Å². The van der Waals surface area contributed by atoms with Gasteiger partial charge >= 0.3 is 0 Å². The first kappa shape index (κ1) is 7.83. The molecule has 0 N–H and O–H groups in total. The van der Waals surface area contributed by atoms with Crippen LogP contribution in [0, 0.1) is 0 Å². The van der Waals surface area contributed by atoms with Gasteiger partial charge in [-0.05, 0) is 12.1 Å². The molecule has 0 aliphatic rings. The Morgan fingerprint density at radius 1 is 1.33 bits per heavy atom. The zero-order chi connectivity index (χ0) is 8.72. The monoisotopic (exact) mass is 201 g/mol. The molecule has 0 bridgehead atoms. The normalized spacial score (nSPS) is 10.9. The van der Waals surface area contributed by atoms with Crippen LogP contribution in [-0.4, -0.2) is 15.0 Å². The van der Waals surface area contributed by atoms with Gasteiger partial charge in [0.15, 0.2) is 0 Å². The number of halogens is 2. The van der Waals surface area contributed by atoms with E-state index in [1.165, 1.54) is 0 Å². The molecular formula is C7H5Cl2N3. The lowest BCUT2D eigenvalue weighted by Crippen LogP contribution is -1.88. The average Bonchev–Trinajstić information content (AvgIpc) is 2.41. The lowest BCUT2D eigenvalue weighted by atomic mass is 10.3. The molecule has 0 saturated carbocycles. The summed E-state index contributed by atoms with van der Waals surface area (Å²) in [6.45, 7) is 0. The molecule has 0 fully saturated rings. The van der Waals surface area contributed by atoms with Crippen molar-refractivity contribution in [3.05, 3.63) is 22.2 Å². The van der Waals surface area contributed by atoms with Gasteiger partial charge in [0.2, 0.25) is 0 Å². The van der Waals surface area contributed by atoms with Crippen molar-refractivity contribution in [3.8, 4) is 0 Å². The Balaban J connectivity index is 2.93. The Morgan fingerprint density at radius 3 is 2.83 bits per heavy atom. The van der Waals surface area contributed by atoms with E-state index in [0.29, 0.717) is 15.6 Å². The van der Waals surface area contributed by atoms with Crippen LogP contribution >= 0.6 is 23.2 Å². The molecule has 1 aromatic heterocycles. The molecule has 0 aliphatic heterocycles. The first-order valence-corrected chi connectivity index (χ1v) is 4.09. The maximum Gasteiger partial charge on any atom is 0.133 e. The molecule has 2 rings (SSSR count). The molecule has 0 saturated heterocycles. The maximum atomic E-state index is 5.89. The largest absolute Gasteiger partial charge is 0.248 e. The minimum Gasteiger partial charge on any atom is -0.248 e. The topological polar surface area (TPSA) is 30.7 Å². The molecule has 0 radical (unpaired) electrons. The van der Waals surface area contributed by atoms with Gasteiger partial charge in [-0.25, -0.2) is 4.68 Å². The van der Waals surface area contributed by atoms with Gasteiger partial charge in [-0.15, -0.1) is 5.10 Å². The zero-order valence-corrected chi connectivity index (χ0v) is 7.76. The van der Waals surface area contributed by atoms with Gasteiger partial charge < -0.3 is 0 Å². The number of rotatable bonds is 0. The van der Waals surface area contributed by atoms with Crippen molar-refractivity contribution in [1.29, 1.82) is 0 Å². The number of hydrogen-bond donors (Lipinski definition) is 0. The van der Waals surface area contributed by atoms with Gasteiger partial charge in [-0.3, -0.25) is 0 Å². The molecule has 12 heavy (non-hydrogen) atoms. The summed E-state index contributed by atoms with van der Waals surface area (Å²) in [4.78, 5) is 0.